The molecule has 1 rings (SSSR count). The van der Waals surface area contributed by atoms with E-state index in [4.69, 9.17) is 5.73 Å². The van der Waals surface area contributed by atoms with Gasteiger partial charge in [0.25, 0.3) is 0 Å². The lowest BCUT2D eigenvalue weighted by Gasteiger charge is -2.19. The van der Waals surface area contributed by atoms with Gasteiger partial charge in [-0.2, -0.15) is 13.2 Å². The van der Waals surface area contributed by atoms with E-state index in [2.05, 4.69) is 20.8 Å². The molecule has 0 radical (unpaired) electrons. The molecule has 0 amide bonds. The summed E-state index contributed by atoms with van der Waals surface area (Å²) in [7, 11) is 0. The summed E-state index contributed by atoms with van der Waals surface area (Å²) in [6.07, 6.45) is -2.83. The predicted octanol–water partition coefficient (Wildman–Crippen LogP) is 4.56. The Bertz CT molecular complexity index is 408. The van der Waals surface area contributed by atoms with Gasteiger partial charge in [-0.05, 0) is 41.5 Å². The third kappa shape index (κ3) is 5.83. The lowest BCUT2D eigenvalue weighted by Crippen LogP contribution is -2.11. The van der Waals surface area contributed by atoms with Crippen molar-refractivity contribution in [1.82, 2.24) is 0 Å². The molecule has 0 heterocycles. The molecule has 0 aliphatic carbocycles. The van der Waals surface area contributed by atoms with E-state index in [-0.39, 0.29) is 24.4 Å². The molecule has 19 heavy (non-hydrogen) atoms. The van der Waals surface area contributed by atoms with E-state index in [1.165, 1.54) is 12.1 Å². The second-order valence-corrected chi connectivity index (χ2v) is 5.75. The molecular weight excluding hydrogens is 275 g/mol. The predicted molar refractivity (Wildman–Crippen MR) is 74.4 cm³/mol. The fourth-order valence-corrected chi connectivity index (χ4v) is 1.74. The van der Waals surface area contributed by atoms with Crippen molar-refractivity contribution in [3.05, 3.63) is 34.9 Å². The van der Waals surface area contributed by atoms with Crippen molar-refractivity contribution in [1.29, 1.82) is 0 Å². The summed E-state index contributed by atoms with van der Waals surface area (Å²) in [6, 6.07) is 3.82. The van der Waals surface area contributed by atoms with Gasteiger partial charge in [0.05, 0.1) is 5.56 Å². The third-order valence-electron chi connectivity index (χ3n) is 2.90. The molecule has 0 spiro atoms. The van der Waals surface area contributed by atoms with Crippen LogP contribution in [0.15, 0.2) is 18.2 Å². The van der Waals surface area contributed by atoms with Crippen LogP contribution in [0.25, 0.3) is 0 Å². The summed E-state index contributed by atoms with van der Waals surface area (Å²) in [5.74, 6) is 0. The first-order chi connectivity index (χ1) is 8.13. The summed E-state index contributed by atoms with van der Waals surface area (Å²) in [6.45, 7) is 6.49. The molecule has 0 saturated heterocycles. The number of benzene rings is 1. The van der Waals surface area contributed by atoms with Crippen molar-refractivity contribution >= 4 is 12.4 Å². The fourth-order valence-electron chi connectivity index (χ4n) is 1.74. The maximum atomic E-state index is 12.6. The SMILES string of the molecule is CC(C)(C)CCc1cc(C(F)(F)F)ccc1CN.Cl. The van der Waals surface area contributed by atoms with Crippen LogP contribution in [-0.4, -0.2) is 0 Å². The van der Waals surface area contributed by atoms with Gasteiger partial charge in [-0.3, -0.25) is 0 Å². The van der Waals surface area contributed by atoms with Crippen molar-refractivity contribution in [2.24, 2.45) is 11.1 Å². The van der Waals surface area contributed by atoms with E-state index in [0.29, 0.717) is 12.0 Å². The van der Waals surface area contributed by atoms with E-state index >= 15 is 0 Å². The molecule has 1 nitrogen and oxygen atoms in total. The summed E-state index contributed by atoms with van der Waals surface area (Å²) in [5, 5.41) is 0. The molecule has 0 aliphatic heterocycles. The van der Waals surface area contributed by atoms with E-state index in [9.17, 15) is 13.2 Å². The number of aryl methyl sites for hydroxylation is 1. The van der Waals surface area contributed by atoms with Crippen LogP contribution in [0.1, 0.15) is 43.9 Å². The van der Waals surface area contributed by atoms with Crippen molar-refractivity contribution in [2.45, 2.75) is 46.3 Å². The molecule has 0 bridgehead atoms. The minimum absolute atomic E-state index is 0. The molecule has 0 aromatic heterocycles. The standard InChI is InChI=1S/C14H20F3N.ClH/c1-13(2,3)7-6-10-8-12(14(15,16)17)5-4-11(10)9-18;/h4-5,8H,6-7,9,18H2,1-3H3;1H. The summed E-state index contributed by atoms with van der Waals surface area (Å²) in [5.41, 5.74) is 6.58. The molecular formula is C14H21ClF3N. The first-order valence-electron chi connectivity index (χ1n) is 6.02. The Morgan fingerprint density at radius 1 is 1.05 bits per heavy atom. The second-order valence-electron chi connectivity index (χ2n) is 5.75. The van der Waals surface area contributed by atoms with Gasteiger partial charge in [0, 0.05) is 6.54 Å². The largest absolute Gasteiger partial charge is 0.416 e. The van der Waals surface area contributed by atoms with Crippen LogP contribution >= 0.6 is 12.4 Å². The van der Waals surface area contributed by atoms with Crippen molar-refractivity contribution in [3.8, 4) is 0 Å². The minimum atomic E-state index is -4.29. The van der Waals surface area contributed by atoms with Crippen LogP contribution in [-0.2, 0) is 19.1 Å². The molecule has 1 aromatic rings. The Kier molecular flexibility index (Phi) is 6.36. The monoisotopic (exact) mass is 295 g/mol. The zero-order valence-electron chi connectivity index (χ0n) is 11.5. The fraction of sp³-hybridized carbons (Fsp3) is 0.571. The first-order valence-corrected chi connectivity index (χ1v) is 6.02. The van der Waals surface area contributed by atoms with Crippen molar-refractivity contribution in [2.75, 3.05) is 0 Å². The van der Waals surface area contributed by atoms with E-state index in [1.54, 1.807) is 0 Å². The van der Waals surface area contributed by atoms with Gasteiger partial charge in [-0.1, -0.05) is 26.8 Å². The zero-order chi connectivity index (χ0) is 14.0. The Morgan fingerprint density at radius 3 is 2.05 bits per heavy atom. The smallest absolute Gasteiger partial charge is 0.326 e. The Labute approximate surface area is 118 Å². The van der Waals surface area contributed by atoms with Crippen LogP contribution in [0.4, 0.5) is 13.2 Å². The number of nitrogens with two attached hydrogens (primary N) is 1. The van der Waals surface area contributed by atoms with Crippen LogP contribution in [0, 0.1) is 5.41 Å². The Hall–Kier alpha value is -0.740. The van der Waals surface area contributed by atoms with Crippen LogP contribution in [0.5, 0.6) is 0 Å². The molecule has 110 valence electrons. The van der Waals surface area contributed by atoms with Crippen LogP contribution in [0.2, 0.25) is 0 Å². The Morgan fingerprint density at radius 2 is 1.63 bits per heavy atom. The van der Waals surface area contributed by atoms with Crippen LogP contribution < -0.4 is 5.73 Å². The molecule has 5 heteroatoms. The maximum Gasteiger partial charge on any atom is 0.416 e. The summed E-state index contributed by atoms with van der Waals surface area (Å²) < 4.78 is 37.9. The van der Waals surface area contributed by atoms with Gasteiger partial charge in [0.2, 0.25) is 0 Å². The normalized spacial score (nSPS) is 12.2. The van der Waals surface area contributed by atoms with Gasteiger partial charge in [0.15, 0.2) is 0 Å². The average molecular weight is 296 g/mol. The summed E-state index contributed by atoms with van der Waals surface area (Å²) >= 11 is 0. The lowest BCUT2D eigenvalue weighted by molar-refractivity contribution is -0.137. The average Bonchev–Trinajstić information content (AvgIpc) is 2.23. The number of hydrogen-bond donors (Lipinski definition) is 1. The van der Waals surface area contributed by atoms with Gasteiger partial charge in [0.1, 0.15) is 0 Å². The van der Waals surface area contributed by atoms with Crippen molar-refractivity contribution in [3.63, 3.8) is 0 Å². The van der Waals surface area contributed by atoms with E-state index in [0.717, 1.165) is 18.1 Å². The van der Waals surface area contributed by atoms with E-state index < -0.39 is 11.7 Å². The highest BCUT2D eigenvalue weighted by molar-refractivity contribution is 5.85. The first kappa shape index (κ1) is 18.3. The molecule has 0 atom stereocenters. The zero-order valence-corrected chi connectivity index (χ0v) is 12.3. The molecule has 0 saturated carbocycles. The summed E-state index contributed by atoms with van der Waals surface area (Å²) in [4.78, 5) is 0. The highest BCUT2D eigenvalue weighted by Gasteiger charge is 2.30. The molecule has 2 N–H and O–H groups in total. The maximum absolute atomic E-state index is 12.6. The number of hydrogen-bond acceptors (Lipinski definition) is 1. The molecule has 0 aliphatic rings. The number of halogens is 4. The van der Waals surface area contributed by atoms with Gasteiger partial charge >= 0.3 is 6.18 Å². The van der Waals surface area contributed by atoms with Crippen molar-refractivity contribution < 1.29 is 13.2 Å². The van der Waals surface area contributed by atoms with E-state index in [1.807, 2.05) is 0 Å². The van der Waals surface area contributed by atoms with Gasteiger partial charge < -0.3 is 5.73 Å². The molecule has 0 fully saturated rings. The van der Waals surface area contributed by atoms with Crippen LogP contribution in [0.3, 0.4) is 0 Å². The lowest BCUT2D eigenvalue weighted by atomic mass is 9.87. The quantitative estimate of drug-likeness (QED) is 0.869. The second kappa shape index (κ2) is 6.62. The molecule has 0 unspecified atom stereocenters. The highest BCUT2D eigenvalue weighted by atomic mass is 35.5. The Balaban J connectivity index is 0.00000324. The number of rotatable bonds is 3. The number of alkyl halides is 3. The minimum Gasteiger partial charge on any atom is -0.326 e. The third-order valence-corrected chi connectivity index (χ3v) is 2.90. The molecule has 1 aromatic carbocycles. The van der Waals surface area contributed by atoms with Gasteiger partial charge in [-0.15, -0.1) is 12.4 Å². The highest BCUT2D eigenvalue weighted by Crippen LogP contribution is 2.31. The topological polar surface area (TPSA) is 26.0 Å². The van der Waals surface area contributed by atoms with Gasteiger partial charge in [-0.25, -0.2) is 0 Å².